The van der Waals surface area contributed by atoms with E-state index in [0.29, 0.717) is 24.5 Å². The molecular weight excluding hydrogens is 232 g/mol. The van der Waals surface area contributed by atoms with E-state index in [1.54, 1.807) is 6.20 Å². The predicted octanol–water partition coefficient (Wildman–Crippen LogP) is 2.45. The molecule has 0 amide bonds. The summed E-state index contributed by atoms with van der Waals surface area (Å²) in [7, 11) is 0. The number of ether oxygens (including phenoxy) is 1. The van der Waals surface area contributed by atoms with Crippen LogP contribution in [0.2, 0.25) is 0 Å². The average Bonchev–Trinajstić information content (AvgIpc) is 2.98. The molecule has 0 spiro atoms. The van der Waals surface area contributed by atoms with Crippen molar-refractivity contribution < 1.29 is 14.6 Å². The lowest BCUT2D eigenvalue weighted by molar-refractivity contribution is 0.0695. The van der Waals surface area contributed by atoms with Crippen molar-refractivity contribution in [2.75, 3.05) is 13.2 Å². The maximum Gasteiger partial charge on any atom is 0.339 e. The smallest absolute Gasteiger partial charge is 0.339 e. The number of hydrogen-bond acceptors (Lipinski definition) is 3. The first kappa shape index (κ1) is 13.1. The Morgan fingerprint density at radius 1 is 1.61 bits per heavy atom. The molecule has 1 atom stereocenters. The molecular formula is C13H20N2O3. The fraction of sp³-hybridized carbons (Fsp3) is 0.692. The van der Waals surface area contributed by atoms with E-state index in [9.17, 15) is 9.90 Å². The van der Waals surface area contributed by atoms with Crippen LogP contribution >= 0.6 is 0 Å². The van der Waals surface area contributed by atoms with E-state index in [-0.39, 0.29) is 12.0 Å². The van der Waals surface area contributed by atoms with Crippen LogP contribution in [-0.2, 0) is 4.74 Å². The number of aromatic carboxylic acids is 1. The van der Waals surface area contributed by atoms with E-state index in [1.165, 1.54) is 0 Å². The topological polar surface area (TPSA) is 64.4 Å². The number of hydrogen-bond donors (Lipinski definition) is 1. The number of carbonyl (C=O) groups is 1. The molecule has 1 unspecified atom stereocenters. The van der Waals surface area contributed by atoms with Crippen molar-refractivity contribution in [1.29, 1.82) is 0 Å². The van der Waals surface area contributed by atoms with Gasteiger partial charge in [-0.25, -0.2) is 4.79 Å². The van der Waals surface area contributed by atoms with Crippen molar-refractivity contribution in [3.63, 3.8) is 0 Å². The largest absolute Gasteiger partial charge is 0.478 e. The predicted molar refractivity (Wildman–Crippen MR) is 67.0 cm³/mol. The van der Waals surface area contributed by atoms with Gasteiger partial charge in [0.15, 0.2) is 0 Å². The van der Waals surface area contributed by atoms with Crippen LogP contribution in [0, 0.1) is 0 Å². The summed E-state index contributed by atoms with van der Waals surface area (Å²) in [6, 6.07) is 0.277. The van der Waals surface area contributed by atoms with Crippen molar-refractivity contribution in [3.05, 3.63) is 17.5 Å². The zero-order chi connectivity index (χ0) is 13.1. The highest BCUT2D eigenvalue weighted by Gasteiger charge is 2.27. The maximum absolute atomic E-state index is 11.3. The van der Waals surface area contributed by atoms with E-state index in [4.69, 9.17) is 4.74 Å². The van der Waals surface area contributed by atoms with Gasteiger partial charge < -0.3 is 9.84 Å². The molecule has 5 nitrogen and oxygen atoms in total. The third kappa shape index (κ3) is 2.41. The molecule has 1 aromatic heterocycles. The zero-order valence-electron chi connectivity index (χ0n) is 10.9. The van der Waals surface area contributed by atoms with Crippen LogP contribution in [0.1, 0.15) is 61.1 Å². The van der Waals surface area contributed by atoms with Gasteiger partial charge in [0.1, 0.15) is 5.56 Å². The fourth-order valence-electron chi connectivity index (χ4n) is 2.47. The summed E-state index contributed by atoms with van der Waals surface area (Å²) < 4.78 is 7.14. The number of rotatable bonds is 5. The summed E-state index contributed by atoms with van der Waals surface area (Å²) in [5.74, 6) is -0.763. The molecule has 1 saturated heterocycles. The molecule has 0 radical (unpaired) electrons. The Morgan fingerprint density at radius 2 is 2.33 bits per heavy atom. The summed E-state index contributed by atoms with van der Waals surface area (Å²) in [4.78, 5) is 11.3. The summed E-state index contributed by atoms with van der Waals surface area (Å²) in [6.07, 6.45) is 4.45. The Morgan fingerprint density at radius 3 is 2.83 bits per heavy atom. The van der Waals surface area contributed by atoms with Crippen LogP contribution in [0.25, 0.3) is 0 Å². The molecule has 1 N–H and O–H groups in total. The molecule has 0 aliphatic carbocycles. The van der Waals surface area contributed by atoms with Crippen LogP contribution in [0.3, 0.4) is 0 Å². The first-order valence-corrected chi connectivity index (χ1v) is 6.57. The lowest BCUT2D eigenvalue weighted by Crippen LogP contribution is -2.09. The molecule has 1 aliphatic heterocycles. The van der Waals surface area contributed by atoms with Gasteiger partial charge in [-0.2, -0.15) is 5.10 Å². The van der Waals surface area contributed by atoms with Crippen LogP contribution in [0.15, 0.2) is 6.20 Å². The number of aromatic nitrogens is 2. The van der Waals surface area contributed by atoms with E-state index in [1.807, 2.05) is 4.68 Å². The summed E-state index contributed by atoms with van der Waals surface area (Å²) >= 11 is 0. The minimum Gasteiger partial charge on any atom is -0.478 e. The molecule has 0 bridgehead atoms. The minimum atomic E-state index is -0.894. The van der Waals surface area contributed by atoms with Gasteiger partial charge in [-0.3, -0.25) is 4.68 Å². The van der Waals surface area contributed by atoms with Crippen molar-refractivity contribution in [2.45, 2.75) is 45.1 Å². The monoisotopic (exact) mass is 252 g/mol. The van der Waals surface area contributed by atoms with Crippen LogP contribution in [0.5, 0.6) is 0 Å². The summed E-state index contributed by atoms with van der Waals surface area (Å²) in [5, 5.41) is 13.8. The molecule has 1 fully saturated rings. The lowest BCUT2D eigenvalue weighted by Gasteiger charge is -2.12. The Hall–Kier alpha value is -1.36. The van der Waals surface area contributed by atoms with Crippen molar-refractivity contribution in [2.24, 2.45) is 0 Å². The van der Waals surface area contributed by atoms with E-state index >= 15 is 0 Å². The Kier molecular flexibility index (Phi) is 4.01. The van der Waals surface area contributed by atoms with Gasteiger partial charge in [-0.05, 0) is 19.3 Å². The van der Waals surface area contributed by atoms with Crippen LogP contribution in [-0.4, -0.2) is 34.1 Å². The quantitative estimate of drug-likeness (QED) is 0.874. The number of carboxylic acids is 1. The van der Waals surface area contributed by atoms with Crippen molar-refractivity contribution in [1.82, 2.24) is 9.78 Å². The van der Waals surface area contributed by atoms with Gasteiger partial charge in [0, 0.05) is 18.7 Å². The second-order valence-corrected chi connectivity index (χ2v) is 4.74. The highest BCUT2D eigenvalue weighted by atomic mass is 16.5. The van der Waals surface area contributed by atoms with Crippen LogP contribution < -0.4 is 0 Å². The van der Waals surface area contributed by atoms with Crippen LogP contribution in [0.4, 0.5) is 0 Å². The molecule has 2 heterocycles. The number of nitrogens with zero attached hydrogens (tertiary/aromatic N) is 2. The minimum absolute atomic E-state index is 0.131. The third-order valence-electron chi connectivity index (χ3n) is 3.62. The van der Waals surface area contributed by atoms with Gasteiger partial charge in [0.25, 0.3) is 0 Å². The van der Waals surface area contributed by atoms with Gasteiger partial charge in [-0.1, -0.05) is 13.8 Å². The SMILES string of the molecule is CCC(CC)n1cc(C(=O)O)c(C2CCOC2)n1. The molecule has 1 aromatic rings. The Labute approximate surface area is 107 Å². The first-order chi connectivity index (χ1) is 8.67. The molecule has 5 heteroatoms. The third-order valence-corrected chi connectivity index (χ3v) is 3.62. The van der Waals surface area contributed by atoms with E-state index in [2.05, 4.69) is 18.9 Å². The normalized spacial score (nSPS) is 19.6. The second kappa shape index (κ2) is 5.52. The van der Waals surface area contributed by atoms with Crippen molar-refractivity contribution >= 4 is 5.97 Å². The highest BCUT2D eigenvalue weighted by molar-refractivity contribution is 5.88. The van der Waals surface area contributed by atoms with Crippen molar-refractivity contribution in [3.8, 4) is 0 Å². The van der Waals surface area contributed by atoms with Gasteiger partial charge in [0.05, 0.1) is 18.3 Å². The summed E-state index contributed by atoms with van der Waals surface area (Å²) in [6.45, 7) is 5.46. The van der Waals surface area contributed by atoms with E-state index in [0.717, 1.165) is 19.3 Å². The molecule has 18 heavy (non-hydrogen) atoms. The highest BCUT2D eigenvalue weighted by Crippen LogP contribution is 2.28. The standard InChI is InChI=1S/C13H20N2O3/c1-3-10(4-2)15-7-11(13(16)17)12(14-15)9-5-6-18-8-9/h7,9-10H,3-6,8H2,1-2H3,(H,16,17). The molecule has 0 aromatic carbocycles. The van der Waals surface area contributed by atoms with Gasteiger partial charge in [0.2, 0.25) is 0 Å². The molecule has 0 saturated carbocycles. The first-order valence-electron chi connectivity index (χ1n) is 6.57. The summed E-state index contributed by atoms with van der Waals surface area (Å²) in [5.41, 5.74) is 1.02. The molecule has 1 aliphatic rings. The lowest BCUT2D eigenvalue weighted by atomic mass is 10.0. The fourth-order valence-corrected chi connectivity index (χ4v) is 2.47. The molecule has 2 rings (SSSR count). The Bertz CT molecular complexity index is 418. The van der Waals surface area contributed by atoms with Gasteiger partial charge >= 0.3 is 5.97 Å². The second-order valence-electron chi connectivity index (χ2n) is 4.74. The van der Waals surface area contributed by atoms with Gasteiger partial charge in [-0.15, -0.1) is 0 Å². The number of carboxylic acid groups (broad SMARTS) is 1. The molecule has 100 valence electrons. The average molecular weight is 252 g/mol. The zero-order valence-corrected chi connectivity index (χ0v) is 10.9. The Balaban J connectivity index is 2.34. The maximum atomic E-state index is 11.3. The van der Waals surface area contributed by atoms with E-state index < -0.39 is 5.97 Å².